The van der Waals surface area contributed by atoms with E-state index in [9.17, 15) is 4.79 Å². The minimum atomic E-state index is -0.899. The lowest BCUT2D eigenvalue weighted by atomic mass is 9.99. The van der Waals surface area contributed by atoms with Gasteiger partial charge >= 0.3 is 0 Å². The molecule has 0 fully saturated rings. The Bertz CT molecular complexity index is 464. The van der Waals surface area contributed by atoms with Crippen LogP contribution in [-0.4, -0.2) is 18.1 Å². The maximum Gasteiger partial charge on any atom is 0.244 e. The number of nitrogens with two attached hydrogens (primary N) is 1. The summed E-state index contributed by atoms with van der Waals surface area (Å²) in [6, 6.07) is 8.73. The first-order valence-electron chi connectivity index (χ1n) is 5.69. The molecule has 5 nitrogen and oxygen atoms in total. The summed E-state index contributed by atoms with van der Waals surface area (Å²) < 4.78 is 5.15. The molecule has 1 atom stereocenters. The fraction of sp³-hybridized carbons (Fsp3) is 0.385. The van der Waals surface area contributed by atoms with Crippen molar-refractivity contribution in [3.05, 3.63) is 24.3 Å². The number of nitriles is 1. The zero-order chi connectivity index (χ0) is 13.6. The van der Waals surface area contributed by atoms with Gasteiger partial charge in [0.1, 0.15) is 11.8 Å². The molecule has 3 N–H and O–H groups in total. The minimum Gasteiger partial charge on any atom is -0.479 e. The van der Waals surface area contributed by atoms with E-state index in [2.05, 4.69) is 5.32 Å². The van der Waals surface area contributed by atoms with Gasteiger partial charge in [0.25, 0.3) is 0 Å². The lowest BCUT2D eigenvalue weighted by Gasteiger charge is -2.21. The molecule has 0 spiro atoms. The Morgan fingerprint density at radius 3 is 2.94 bits per heavy atom. The van der Waals surface area contributed by atoms with Crippen LogP contribution in [0.2, 0.25) is 0 Å². The van der Waals surface area contributed by atoms with Gasteiger partial charge in [0.2, 0.25) is 5.91 Å². The lowest BCUT2D eigenvalue weighted by Crippen LogP contribution is -2.47. The molecule has 18 heavy (non-hydrogen) atoms. The van der Waals surface area contributed by atoms with Crippen molar-refractivity contribution in [1.82, 2.24) is 0 Å². The highest BCUT2D eigenvalue weighted by atomic mass is 16.5. The predicted octanol–water partition coefficient (Wildman–Crippen LogP) is 1.65. The quantitative estimate of drug-likeness (QED) is 0.828. The molecule has 0 bridgehead atoms. The highest BCUT2D eigenvalue weighted by Gasteiger charge is 2.25. The number of hydrogen-bond acceptors (Lipinski definition) is 4. The van der Waals surface area contributed by atoms with Crippen LogP contribution in [0.4, 0.5) is 5.69 Å². The monoisotopic (exact) mass is 247 g/mol. The van der Waals surface area contributed by atoms with Crippen LogP contribution in [0.1, 0.15) is 20.3 Å². The number of rotatable bonds is 5. The SMILES string of the molecule is CCC(C)(N)C(=O)Nc1cccc(OCC#N)c1. The Labute approximate surface area is 107 Å². The number of carbonyl (C=O) groups is 1. The van der Waals surface area contributed by atoms with Crippen LogP contribution in [0.5, 0.6) is 5.75 Å². The molecule has 0 aliphatic heterocycles. The average Bonchev–Trinajstić information content (AvgIpc) is 2.36. The van der Waals surface area contributed by atoms with Crippen molar-refractivity contribution in [2.24, 2.45) is 5.73 Å². The summed E-state index contributed by atoms with van der Waals surface area (Å²) in [5, 5.41) is 11.1. The van der Waals surface area contributed by atoms with E-state index in [1.54, 1.807) is 31.2 Å². The van der Waals surface area contributed by atoms with Gasteiger partial charge in [0.15, 0.2) is 6.61 Å². The Hall–Kier alpha value is -2.06. The van der Waals surface area contributed by atoms with Crippen molar-refractivity contribution < 1.29 is 9.53 Å². The zero-order valence-electron chi connectivity index (χ0n) is 10.6. The van der Waals surface area contributed by atoms with Crippen LogP contribution < -0.4 is 15.8 Å². The van der Waals surface area contributed by atoms with Crippen molar-refractivity contribution in [2.75, 3.05) is 11.9 Å². The second-order valence-electron chi connectivity index (χ2n) is 4.20. The van der Waals surface area contributed by atoms with E-state index in [0.29, 0.717) is 17.9 Å². The maximum absolute atomic E-state index is 11.9. The number of hydrogen-bond donors (Lipinski definition) is 2. The number of amides is 1. The van der Waals surface area contributed by atoms with Gasteiger partial charge in [-0.05, 0) is 25.5 Å². The first-order chi connectivity index (χ1) is 8.49. The van der Waals surface area contributed by atoms with Crippen molar-refractivity contribution in [2.45, 2.75) is 25.8 Å². The summed E-state index contributed by atoms with van der Waals surface area (Å²) in [5.41, 5.74) is 5.54. The summed E-state index contributed by atoms with van der Waals surface area (Å²) in [7, 11) is 0. The fourth-order valence-electron chi connectivity index (χ4n) is 1.21. The molecular formula is C13H17N3O2. The summed E-state index contributed by atoms with van der Waals surface area (Å²) in [6.45, 7) is 3.51. The molecule has 1 amide bonds. The summed E-state index contributed by atoms with van der Waals surface area (Å²) in [4.78, 5) is 11.9. The van der Waals surface area contributed by atoms with Gasteiger partial charge in [-0.3, -0.25) is 4.79 Å². The van der Waals surface area contributed by atoms with E-state index in [1.165, 1.54) is 0 Å². The summed E-state index contributed by atoms with van der Waals surface area (Å²) in [5.74, 6) is 0.284. The molecule has 0 radical (unpaired) electrons. The Morgan fingerprint density at radius 1 is 1.61 bits per heavy atom. The normalized spacial score (nSPS) is 13.2. The van der Waals surface area contributed by atoms with Crippen molar-refractivity contribution >= 4 is 11.6 Å². The van der Waals surface area contributed by atoms with Crippen molar-refractivity contribution in [1.29, 1.82) is 5.26 Å². The summed E-state index contributed by atoms with van der Waals surface area (Å²) >= 11 is 0. The van der Waals surface area contributed by atoms with Crippen molar-refractivity contribution in [3.63, 3.8) is 0 Å². The third kappa shape index (κ3) is 3.75. The minimum absolute atomic E-state index is 0.0268. The van der Waals surface area contributed by atoms with Crippen LogP contribution in [0.25, 0.3) is 0 Å². The Balaban J connectivity index is 2.74. The molecule has 1 rings (SSSR count). The molecule has 0 aliphatic rings. The molecule has 0 saturated carbocycles. The lowest BCUT2D eigenvalue weighted by molar-refractivity contribution is -0.120. The van der Waals surface area contributed by atoms with Crippen LogP contribution in [-0.2, 0) is 4.79 Å². The number of carbonyl (C=O) groups excluding carboxylic acids is 1. The van der Waals surface area contributed by atoms with E-state index in [0.717, 1.165) is 0 Å². The van der Waals surface area contributed by atoms with Crippen LogP contribution in [0.3, 0.4) is 0 Å². The molecule has 1 unspecified atom stereocenters. The Morgan fingerprint density at radius 2 is 2.33 bits per heavy atom. The van der Waals surface area contributed by atoms with Gasteiger partial charge in [-0.15, -0.1) is 0 Å². The van der Waals surface area contributed by atoms with E-state index < -0.39 is 5.54 Å². The summed E-state index contributed by atoms with van der Waals surface area (Å²) in [6.07, 6.45) is 0.545. The van der Waals surface area contributed by atoms with E-state index in [-0.39, 0.29) is 12.5 Å². The predicted molar refractivity (Wildman–Crippen MR) is 69.1 cm³/mol. The van der Waals surface area contributed by atoms with E-state index in [1.807, 2.05) is 13.0 Å². The Kier molecular flexibility index (Phi) is 4.69. The third-order valence-electron chi connectivity index (χ3n) is 2.65. The molecule has 1 aromatic carbocycles. The number of benzene rings is 1. The average molecular weight is 247 g/mol. The van der Waals surface area contributed by atoms with Crippen LogP contribution in [0, 0.1) is 11.3 Å². The molecule has 0 heterocycles. The smallest absolute Gasteiger partial charge is 0.244 e. The third-order valence-corrected chi connectivity index (χ3v) is 2.65. The van der Waals surface area contributed by atoms with Crippen LogP contribution in [0.15, 0.2) is 24.3 Å². The van der Waals surface area contributed by atoms with Gasteiger partial charge in [-0.25, -0.2) is 0 Å². The maximum atomic E-state index is 11.9. The van der Waals surface area contributed by atoms with E-state index in [4.69, 9.17) is 15.7 Å². The molecule has 5 heteroatoms. The second kappa shape index (κ2) is 6.03. The second-order valence-corrected chi connectivity index (χ2v) is 4.20. The molecule has 0 saturated heterocycles. The first-order valence-corrected chi connectivity index (χ1v) is 5.69. The standard InChI is InChI=1S/C13H17N3O2/c1-3-13(2,15)12(17)16-10-5-4-6-11(9-10)18-8-7-14/h4-6,9H,3,8,15H2,1-2H3,(H,16,17). The largest absolute Gasteiger partial charge is 0.479 e. The van der Waals surface area contributed by atoms with Gasteiger partial charge in [0.05, 0.1) is 5.54 Å². The molecule has 96 valence electrons. The molecule has 0 aliphatic carbocycles. The fourth-order valence-corrected chi connectivity index (χ4v) is 1.21. The number of ether oxygens (including phenoxy) is 1. The van der Waals surface area contributed by atoms with Crippen molar-refractivity contribution in [3.8, 4) is 11.8 Å². The van der Waals surface area contributed by atoms with Crippen LogP contribution >= 0.6 is 0 Å². The first kappa shape index (κ1) is 14.0. The van der Waals surface area contributed by atoms with Gasteiger partial charge in [-0.2, -0.15) is 5.26 Å². The number of nitrogens with zero attached hydrogens (tertiary/aromatic N) is 1. The van der Waals surface area contributed by atoms with Gasteiger partial charge in [0, 0.05) is 11.8 Å². The topological polar surface area (TPSA) is 88.1 Å². The highest BCUT2D eigenvalue weighted by Crippen LogP contribution is 2.18. The van der Waals surface area contributed by atoms with Gasteiger partial charge < -0.3 is 15.8 Å². The zero-order valence-corrected chi connectivity index (χ0v) is 10.6. The molecule has 1 aromatic rings. The van der Waals surface area contributed by atoms with E-state index >= 15 is 0 Å². The molecule has 0 aromatic heterocycles. The number of nitrogens with one attached hydrogen (secondary N) is 1. The highest BCUT2D eigenvalue weighted by molar-refractivity contribution is 5.97. The number of anilines is 1. The molecular weight excluding hydrogens is 230 g/mol. The van der Waals surface area contributed by atoms with Gasteiger partial charge in [-0.1, -0.05) is 13.0 Å².